The summed E-state index contributed by atoms with van der Waals surface area (Å²) >= 11 is 0. The van der Waals surface area contributed by atoms with Crippen LogP contribution in [0, 0.1) is 0 Å². The van der Waals surface area contributed by atoms with Crippen LogP contribution in [0.4, 0.5) is 11.4 Å². The molecular weight excluding hydrogens is 330 g/mol. The summed E-state index contributed by atoms with van der Waals surface area (Å²) in [4.78, 5) is 0. The van der Waals surface area contributed by atoms with Crippen LogP contribution in [0.3, 0.4) is 0 Å². The summed E-state index contributed by atoms with van der Waals surface area (Å²) < 4.78 is 6.07. The summed E-state index contributed by atoms with van der Waals surface area (Å²) in [5, 5.41) is 4.90. The number of hydrogen-bond donors (Lipinski definition) is 0. The maximum absolute atomic E-state index is 6.07. The van der Waals surface area contributed by atoms with Crippen molar-refractivity contribution in [2.45, 2.75) is 84.0 Å². The molecule has 0 N–H and O–H groups in total. The summed E-state index contributed by atoms with van der Waals surface area (Å²) in [7, 11) is 0. The van der Waals surface area contributed by atoms with Crippen LogP contribution in [-0.2, 0) is 0 Å². The maximum Gasteiger partial charge on any atom is 0.153 e. The molecule has 1 heterocycles. The molecular formula is C25H34NO. The molecule has 0 bridgehead atoms. The molecule has 145 valence electrons. The minimum Gasteiger partial charge on any atom is -0.453 e. The van der Waals surface area contributed by atoms with Gasteiger partial charge in [0.25, 0.3) is 0 Å². The summed E-state index contributed by atoms with van der Waals surface area (Å²) in [6.07, 6.45) is 13.7. The smallest absolute Gasteiger partial charge is 0.153 e. The van der Waals surface area contributed by atoms with Crippen molar-refractivity contribution in [2.75, 3.05) is 0 Å². The number of rotatable bonds is 11. The molecule has 2 nitrogen and oxygen atoms in total. The van der Waals surface area contributed by atoms with Crippen LogP contribution in [0.5, 0.6) is 11.5 Å². The highest BCUT2D eigenvalue weighted by molar-refractivity contribution is 5.70. The lowest BCUT2D eigenvalue weighted by Gasteiger charge is -2.24. The minimum atomic E-state index is 0.516. The molecule has 0 amide bonds. The van der Waals surface area contributed by atoms with Gasteiger partial charge in [0.05, 0.1) is 0 Å². The van der Waals surface area contributed by atoms with E-state index in [-0.39, 0.29) is 0 Å². The second-order valence-electron chi connectivity index (χ2n) is 7.89. The zero-order valence-corrected chi connectivity index (χ0v) is 17.0. The van der Waals surface area contributed by atoms with Gasteiger partial charge >= 0.3 is 0 Å². The van der Waals surface area contributed by atoms with E-state index in [2.05, 4.69) is 26.0 Å². The van der Waals surface area contributed by atoms with E-state index in [0.717, 1.165) is 22.9 Å². The van der Waals surface area contributed by atoms with E-state index in [0.29, 0.717) is 5.92 Å². The molecule has 0 aliphatic carbocycles. The molecule has 1 atom stereocenters. The number of hydrogen-bond acceptors (Lipinski definition) is 1. The Balaban J connectivity index is 1.45. The van der Waals surface area contributed by atoms with Crippen LogP contribution in [0.25, 0.3) is 0 Å². The molecule has 1 aliphatic rings. The Labute approximate surface area is 165 Å². The standard InChI is InChI=1S/C25H34NO/c1-3-4-5-6-7-8-9-10-11-15-20(2)21-16-14-19-24-25(21)26-22-17-12-13-18-23(22)27-24/h12-14,16-20H,3-11,15H2,1-2H3. The Morgan fingerprint density at radius 2 is 1.44 bits per heavy atom. The lowest BCUT2D eigenvalue weighted by atomic mass is 9.92. The number of ether oxygens (including phenoxy) is 1. The monoisotopic (exact) mass is 364 g/mol. The van der Waals surface area contributed by atoms with Crippen LogP contribution >= 0.6 is 0 Å². The molecule has 1 radical (unpaired) electrons. The molecule has 0 spiro atoms. The summed E-state index contributed by atoms with van der Waals surface area (Å²) in [5.41, 5.74) is 3.29. The number of unbranched alkanes of at least 4 members (excludes halogenated alkanes) is 8. The Bertz CT molecular complexity index is 709. The van der Waals surface area contributed by atoms with E-state index in [1.807, 2.05) is 30.3 Å². The quantitative estimate of drug-likeness (QED) is 0.313. The molecule has 1 unspecified atom stereocenters. The van der Waals surface area contributed by atoms with Gasteiger partial charge in [-0.25, -0.2) is 5.32 Å². The van der Waals surface area contributed by atoms with Crippen LogP contribution in [-0.4, -0.2) is 0 Å². The molecule has 1 aliphatic heterocycles. The van der Waals surface area contributed by atoms with Crippen LogP contribution in [0.2, 0.25) is 0 Å². The van der Waals surface area contributed by atoms with Crippen molar-refractivity contribution in [3.05, 3.63) is 48.0 Å². The van der Waals surface area contributed by atoms with Gasteiger partial charge in [-0.3, -0.25) is 0 Å². The molecule has 3 rings (SSSR count). The van der Waals surface area contributed by atoms with Crippen molar-refractivity contribution in [2.24, 2.45) is 0 Å². The van der Waals surface area contributed by atoms with Gasteiger partial charge in [-0.05, 0) is 36.1 Å². The Hall–Kier alpha value is -1.96. The van der Waals surface area contributed by atoms with E-state index < -0.39 is 0 Å². The van der Waals surface area contributed by atoms with Crippen molar-refractivity contribution >= 4 is 11.4 Å². The predicted octanol–water partition coefficient (Wildman–Crippen LogP) is 8.38. The van der Waals surface area contributed by atoms with Gasteiger partial charge in [0.15, 0.2) is 11.5 Å². The first-order valence-electron chi connectivity index (χ1n) is 10.9. The maximum atomic E-state index is 6.07. The first-order valence-corrected chi connectivity index (χ1v) is 10.9. The third-order valence-electron chi connectivity index (χ3n) is 5.62. The second kappa shape index (κ2) is 10.4. The summed E-state index contributed by atoms with van der Waals surface area (Å²) in [6.45, 7) is 4.61. The molecule has 0 saturated heterocycles. The molecule has 0 aromatic heterocycles. The van der Waals surface area contributed by atoms with Gasteiger partial charge in [-0.15, -0.1) is 0 Å². The lowest BCUT2D eigenvalue weighted by Crippen LogP contribution is -2.06. The minimum absolute atomic E-state index is 0.516. The molecule has 2 heteroatoms. The highest BCUT2D eigenvalue weighted by atomic mass is 16.5. The summed E-state index contributed by atoms with van der Waals surface area (Å²) in [5.74, 6) is 2.26. The lowest BCUT2D eigenvalue weighted by molar-refractivity contribution is 0.468. The second-order valence-corrected chi connectivity index (χ2v) is 7.89. The highest BCUT2D eigenvalue weighted by Crippen LogP contribution is 2.45. The predicted molar refractivity (Wildman–Crippen MR) is 115 cm³/mol. The largest absolute Gasteiger partial charge is 0.453 e. The van der Waals surface area contributed by atoms with Gasteiger partial charge < -0.3 is 4.74 Å². The van der Waals surface area contributed by atoms with Crippen molar-refractivity contribution in [3.8, 4) is 11.5 Å². The fourth-order valence-electron chi connectivity index (χ4n) is 3.93. The van der Waals surface area contributed by atoms with E-state index in [9.17, 15) is 0 Å². The van der Waals surface area contributed by atoms with Crippen molar-refractivity contribution in [1.82, 2.24) is 5.32 Å². The van der Waals surface area contributed by atoms with Gasteiger partial charge in [-0.1, -0.05) is 95.9 Å². The topological polar surface area (TPSA) is 23.3 Å². The molecule has 0 fully saturated rings. The van der Waals surface area contributed by atoms with Crippen LogP contribution in [0.1, 0.15) is 89.5 Å². The first kappa shape index (κ1) is 19.8. The van der Waals surface area contributed by atoms with Gasteiger partial charge in [0.1, 0.15) is 11.4 Å². The van der Waals surface area contributed by atoms with E-state index in [1.54, 1.807) is 0 Å². The normalized spacial score (nSPS) is 13.3. The third kappa shape index (κ3) is 5.51. The average molecular weight is 365 g/mol. The number of benzene rings is 2. The zero-order valence-electron chi connectivity index (χ0n) is 17.0. The van der Waals surface area contributed by atoms with Crippen molar-refractivity contribution < 1.29 is 4.74 Å². The van der Waals surface area contributed by atoms with E-state index in [1.165, 1.54) is 69.8 Å². The first-order chi connectivity index (χ1) is 13.3. The Morgan fingerprint density at radius 1 is 0.778 bits per heavy atom. The molecule has 2 aromatic carbocycles. The summed E-state index contributed by atoms with van der Waals surface area (Å²) in [6, 6.07) is 14.4. The van der Waals surface area contributed by atoms with E-state index in [4.69, 9.17) is 10.1 Å². The Kier molecular flexibility index (Phi) is 7.62. The zero-order chi connectivity index (χ0) is 18.9. The SMILES string of the molecule is CCCCCCCCCCCC(C)c1cccc2c1[N]c1ccccc1O2. The van der Waals surface area contributed by atoms with Gasteiger partial charge in [0, 0.05) is 0 Å². The molecule has 0 saturated carbocycles. The molecule has 2 aromatic rings. The van der Waals surface area contributed by atoms with Crippen molar-refractivity contribution in [1.29, 1.82) is 0 Å². The molecule has 27 heavy (non-hydrogen) atoms. The Morgan fingerprint density at radius 3 is 2.22 bits per heavy atom. The van der Waals surface area contributed by atoms with Crippen LogP contribution in [0.15, 0.2) is 42.5 Å². The number of para-hydroxylation sites is 3. The van der Waals surface area contributed by atoms with Crippen LogP contribution < -0.4 is 10.1 Å². The third-order valence-corrected chi connectivity index (χ3v) is 5.62. The van der Waals surface area contributed by atoms with Gasteiger partial charge in [-0.2, -0.15) is 0 Å². The van der Waals surface area contributed by atoms with Gasteiger partial charge in [0.2, 0.25) is 0 Å². The van der Waals surface area contributed by atoms with Crippen molar-refractivity contribution in [3.63, 3.8) is 0 Å². The number of nitrogens with zero attached hydrogens (tertiary/aromatic N) is 1. The average Bonchev–Trinajstić information content (AvgIpc) is 2.70. The number of fused-ring (bicyclic) bond motifs is 2. The van der Waals surface area contributed by atoms with E-state index >= 15 is 0 Å². The fourth-order valence-corrected chi connectivity index (χ4v) is 3.93. The highest BCUT2D eigenvalue weighted by Gasteiger charge is 2.22. The fraction of sp³-hybridized carbons (Fsp3) is 0.520.